The Morgan fingerprint density at radius 1 is 1.24 bits per heavy atom. The van der Waals surface area contributed by atoms with Crippen molar-refractivity contribution < 1.29 is 9.13 Å². The molecule has 1 N–H and O–H groups in total. The molecule has 2 heterocycles. The maximum absolute atomic E-state index is 13.1. The zero-order valence-electron chi connectivity index (χ0n) is 11.5. The van der Waals surface area contributed by atoms with Crippen molar-refractivity contribution in [1.82, 2.24) is 10.3 Å². The van der Waals surface area contributed by atoms with Gasteiger partial charge in [-0.15, -0.1) is 0 Å². The molecule has 3 rings (SSSR count). The first-order valence-electron chi connectivity index (χ1n) is 6.88. The van der Waals surface area contributed by atoms with Gasteiger partial charge < -0.3 is 10.1 Å². The minimum Gasteiger partial charge on any atom is -0.490 e. The molecular formula is C17H15FN2O. The van der Waals surface area contributed by atoms with Crippen LogP contribution < -0.4 is 10.1 Å². The highest BCUT2D eigenvalue weighted by Gasteiger charge is 2.16. The third kappa shape index (κ3) is 3.80. The van der Waals surface area contributed by atoms with Gasteiger partial charge in [-0.05, 0) is 37.2 Å². The van der Waals surface area contributed by atoms with Gasteiger partial charge in [0, 0.05) is 23.4 Å². The molecule has 1 aromatic heterocycles. The van der Waals surface area contributed by atoms with Gasteiger partial charge in [-0.3, -0.25) is 4.98 Å². The molecule has 0 bridgehead atoms. The summed E-state index contributed by atoms with van der Waals surface area (Å²) in [6.07, 6.45) is 4.49. The number of pyridine rings is 1. The van der Waals surface area contributed by atoms with E-state index < -0.39 is 0 Å². The Morgan fingerprint density at radius 3 is 2.86 bits per heavy atom. The van der Waals surface area contributed by atoms with E-state index >= 15 is 0 Å². The van der Waals surface area contributed by atoms with Crippen LogP contribution in [0, 0.1) is 17.7 Å². The van der Waals surface area contributed by atoms with Gasteiger partial charge in [0.2, 0.25) is 0 Å². The molecule has 1 saturated heterocycles. The molecular weight excluding hydrogens is 267 g/mol. The van der Waals surface area contributed by atoms with E-state index in [0.29, 0.717) is 24.0 Å². The van der Waals surface area contributed by atoms with Crippen molar-refractivity contribution in [3.8, 4) is 17.6 Å². The molecule has 1 atom stereocenters. The van der Waals surface area contributed by atoms with Gasteiger partial charge in [0.25, 0.3) is 0 Å². The van der Waals surface area contributed by atoms with Crippen molar-refractivity contribution in [1.29, 1.82) is 0 Å². The lowest BCUT2D eigenvalue weighted by Gasteiger charge is -2.27. The standard InChI is InChI=1S/C17H15FN2O/c18-15-3-1-2-13(8-15)4-5-14-9-17(11-19-10-14)21-12-16-6-7-20-16/h1-3,8-11,16,20H,6-7,12H2/t16-/m0/s1. The van der Waals surface area contributed by atoms with E-state index in [1.807, 2.05) is 6.07 Å². The largest absolute Gasteiger partial charge is 0.490 e. The topological polar surface area (TPSA) is 34.1 Å². The highest BCUT2D eigenvalue weighted by atomic mass is 19.1. The molecule has 106 valence electrons. The van der Waals surface area contributed by atoms with Crippen LogP contribution in [0.5, 0.6) is 5.75 Å². The second-order valence-corrected chi connectivity index (χ2v) is 4.92. The predicted molar refractivity (Wildman–Crippen MR) is 78.5 cm³/mol. The highest BCUT2D eigenvalue weighted by molar-refractivity contribution is 5.43. The fraction of sp³-hybridized carbons (Fsp3) is 0.235. The molecule has 1 aliphatic heterocycles. The molecule has 0 aliphatic carbocycles. The van der Waals surface area contributed by atoms with E-state index in [1.165, 1.54) is 12.1 Å². The zero-order chi connectivity index (χ0) is 14.5. The minimum absolute atomic E-state index is 0.287. The van der Waals surface area contributed by atoms with Crippen molar-refractivity contribution in [3.63, 3.8) is 0 Å². The van der Waals surface area contributed by atoms with E-state index in [9.17, 15) is 4.39 Å². The van der Waals surface area contributed by atoms with Gasteiger partial charge in [0.15, 0.2) is 0 Å². The van der Waals surface area contributed by atoms with Crippen LogP contribution in [0.25, 0.3) is 0 Å². The summed E-state index contributed by atoms with van der Waals surface area (Å²) < 4.78 is 18.7. The van der Waals surface area contributed by atoms with Gasteiger partial charge in [0.1, 0.15) is 18.2 Å². The summed E-state index contributed by atoms with van der Waals surface area (Å²) in [5, 5.41) is 3.27. The monoisotopic (exact) mass is 282 g/mol. The molecule has 0 amide bonds. The maximum atomic E-state index is 13.1. The van der Waals surface area contributed by atoms with Crippen LogP contribution in [-0.4, -0.2) is 24.2 Å². The molecule has 0 spiro atoms. The number of nitrogens with zero attached hydrogens (tertiary/aromatic N) is 1. The first-order valence-corrected chi connectivity index (χ1v) is 6.88. The quantitative estimate of drug-likeness (QED) is 0.878. The summed E-state index contributed by atoms with van der Waals surface area (Å²) in [6, 6.07) is 8.50. The van der Waals surface area contributed by atoms with Gasteiger partial charge in [-0.25, -0.2) is 4.39 Å². The number of hydrogen-bond donors (Lipinski definition) is 1. The smallest absolute Gasteiger partial charge is 0.138 e. The summed E-state index contributed by atoms with van der Waals surface area (Å²) in [5.74, 6) is 6.30. The molecule has 3 nitrogen and oxygen atoms in total. The lowest BCUT2D eigenvalue weighted by atomic mass is 10.1. The van der Waals surface area contributed by atoms with Crippen LogP contribution in [-0.2, 0) is 0 Å². The lowest BCUT2D eigenvalue weighted by molar-refractivity contribution is 0.217. The number of ether oxygens (including phenoxy) is 1. The van der Waals surface area contributed by atoms with Crippen LogP contribution in [0.4, 0.5) is 4.39 Å². The Kier molecular flexibility index (Phi) is 4.13. The van der Waals surface area contributed by atoms with Crippen molar-refractivity contribution in [3.05, 3.63) is 59.7 Å². The van der Waals surface area contributed by atoms with E-state index in [2.05, 4.69) is 22.1 Å². The Hall–Kier alpha value is -2.38. The Morgan fingerprint density at radius 2 is 2.10 bits per heavy atom. The van der Waals surface area contributed by atoms with Crippen LogP contribution in [0.3, 0.4) is 0 Å². The molecule has 0 radical (unpaired) electrons. The molecule has 21 heavy (non-hydrogen) atoms. The molecule has 2 aromatic rings. The Bertz CT molecular complexity index is 686. The lowest BCUT2D eigenvalue weighted by Crippen LogP contribution is -2.46. The average molecular weight is 282 g/mol. The third-order valence-electron chi connectivity index (χ3n) is 3.27. The molecule has 1 fully saturated rings. The summed E-state index contributed by atoms with van der Waals surface area (Å²) in [6.45, 7) is 1.70. The van der Waals surface area contributed by atoms with Gasteiger partial charge >= 0.3 is 0 Å². The van der Waals surface area contributed by atoms with E-state index in [1.54, 1.807) is 24.5 Å². The first-order chi connectivity index (χ1) is 10.3. The van der Waals surface area contributed by atoms with E-state index in [-0.39, 0.29) is 5.82 Å². The second-order valence-electron chi connectivity index (χ2n) is 4.92. The number of hydrogen-bond acceptors (Lipinski definition) is 3. The Balaban J connectivity index is 1.68. The molecule has 0 unspecified atom stereocenters. The Labute approximate surface area is 123 Å². The molecule has 4 heteroatoms. The summed E-state index contributed by atoms with van der Waals surface area (Å²) >= 11 is 0. The zero-order valence-corrected chi connectivity index (χ0v) is 11.5. The van der Waals surface area contributed by atoms with E-state index in [0.717, 1.165) is 18.5 Å². The number of benzene rings is 1. The first kappa shape index (κ1) is 13.6. The van der Waals surface area contributed by atoms with Crippen LogP contribution in [0.15, 0.2) is 42.7 Å². The van der Waals surface area contributed by atoms with Crippen LogP contribution in [0.2, 0.25) is 0 Å². The molecule has 1 aromatic carbocycles. The number of nitrogens with one attached hydrogen (secondary N) is 1. The summed E-state index contributed by atoms with van der Waals surface area (Å²) in [7, 11) is 0. The molecule has 0 saturated carbocycles. The summed E-state index contributed by atoms with van der Waals surface area (Å²) in [5.41, 5.74) is 1.39. The fourth-order valence-electron chi connectivity index (χ4n) is 1.96. The molecule has 1 aliphatic rings. The van der Waals surface area contributed by atoms with Gasteiger partial charge in [0.05, 0.1) is 6.20 Å². The van der Waals surface area contributed by atoms with Crippen molar-refractivity contribution in [2.45, 2.75) is 12.5 Å². The van der Waals surface area contributed by atoms with Crippen molar-refractivity contribution in [2.75, 3.05) is 13.2 Å². The highest BCUT2D eigenvalue weighted by Crippen LogP contribution is 2.12. The van der Waals surface area contributed by atoms with Gasteiger partial charge in [-0.1, -0.05) is 17.9 Å². The number of rotatable bonds is 3. The predicted octanol–water partition coefficient (Wildman–Crippen LogP) is 2.36. The summed E-state index contributed by atoms with van der Waals surface area (Å²) in [4.78, 5) is 4.11. The second kappa shape index (κ2) is 6.38. The van der Waals surface area contributed by atoms with Crippen molar-refractivity contribution in [2.24, 2.45) is 0 Å². The van der Waals surface area contributed by atoms with Gasteiger partial charge in [-0.2, -0.15) is 0 Å². The van der Waals surface area contributed by atoms with E-state index in [4.69, 9.17) is 4.74 Å². The number of aromatic nitrogens is 1. The number of halogens is 1. The van der Waals surface area contributed by atoms with Crippen LogP contribution >= 0.6 is 0 Å². The SMILES string of the molecule is Fc1cccc(C#Cc2cncc(OC[C@@H]3CCN3)c2)c1. The average Bonchev–Trinajstić information content (AvgIpc) is 2.44. The maximum Gasteiger partial charge on any atom is 0.138 e. The van der Waals surface area contributed by atoms with Crippen LogP contribution in [0.1, 0.15) is 17.5 Å². The fourth-order valence-corrected chi connectivity index (χ4v) is 1.96. The normalized spacial score (nSPS) is 16.5. The minimum atomic E-state index is -0.287. The third-order valence-corrected chi connectivity index (χ3v) is 3.27. The van der Waals surface area contributed by atoms with Crippen molar-refractivity contribution >= 4 is 0 Å².